The van der Waals surface area contributed by atoms with E-state index in [0.717, 1.165) is 42.0 Å². The summed E-state index contributed by atoms with van der Waals surface area (Å²) in [5, 5.41) is 22.2. The largest absolute Gasteiger partial charge is 0.377 e. The maximum absolute atomic E-state index is 13.4. The molecular formula is C30H39N9O2. The average molecular weight is 558 g/mol. The third-order valence-electron chi connectivity index (χ3n) is 8.76. The number of hydrogen-bond acceptors (Lipinski definition) is 8. The molecule has 0 radical (unpaired) electrons. The minimum atomic E-state index is 0.00257. The van der Waals surface area contributed by atoms with Gasteiger partial charge in [0.25, 0.3) is 0 Å². The molecule has 6 rings (SSSR count). The highest BCUT2D eigenvalue weighted by Gasteiger charge is 2.37. The lowest BCUT2D eigenvalue weighted by molar-refractivity contribution is 0.0985. The number of piperidine rings is 1. The van der Waals surface area contributed by atoms with Gasteiger partial charge in [-0.15, -0.1) is 0 Å². The fourth-order valence-corrected chi connectivity index (χ4v) is 6.40. The van der Waals surface area contributed by atoms with Crippen LogP contribution in [0.3, 0.4) is 0 Å². The topological polar surface area (TPSA) is 126 Å². The van der Waals surface area contributed by atoms with Gasteiger partial charge in [0.05, 0.1) is 25.5 Å². The molecule has 0 saturated carbocycles. The number of nitrogens with one attached hydrogen (secondary N) is 4. The van der Waals surface area contributed by atoms with Gasteiger partial charge in [-0.1, -0.05) is 12.1 Å². The summed E-state index contributed by atoms with van der Waals surface area (Å²) in [5.41, 5.74) is 3.31. The summed E-state index contributed by atoms with van der Waals surface area (Å²) < 4.78 is 5.66. The van der Waals surface area contributed by atoms with E-state index in [9.17, 15) is 4.79 Å². The van der Waals surface area contributed by atoms with E-state index in [1.165, 1.54) is 19.1 Å². The standard InChI is InChI=1S/C30H39N9O2/c1-19-18-41-13-12-39(19)28-16-25(26(17-31)29(35-28)34-27-10-11-32-36-27)20-4-8-23(9-5-20)37(2)30(40)38(3)24-14-21-6-7-22(15-24)33-21/h4-5,8-11,16-17,19,21-22,24,31,33H,6-7,12-15,18H2,1-3H3,(H2,32,34,35,36)/t19-,21?,22?,24?/m1/s1. The zero-order chi connectivity index (χ0) is 28.5. The molecule has 3 aliphatic rings. The van der Waals surface area contributed by atoms with E-state index < -0.39 is 0 Å². The third kappa shape index (κ3) is 5.51. The number of benzene rings is 1. The van der Waals surface area contributed by atoms with E-state index >= 15 is 0 Å². The Hall–Kier alpha value is -3.96. The number of fused-ring (bicyclic) bond motifs is 2. The lowest BCUT2D eigenvalue weighted by Crippen LogP contribution is -2.51. The molecule has 2 unspecified atom stereocenters. The highest BCUT2D eigenvalue weighted by molar-refractivity contribution is 5.97. The average Bonchev–Trinajstić information content (AvgIpc) is 3.64. The molecule has 3 aromatic rings. The van der Waals surface area contributed by atoms with Gasteiger partial charge in [0.2, 0.25) is 0 Å². The first-order chi connectivity index (χ1) is 19.9. The molecule has 216 valence electrons. The van der Waals surface area contributed by atoms with Gasteiger partial charge >= 0.3 is 6.03 Å². The molecule has 41 heavy (non-hydrogen) atoms. The molecular weight excluding hydrogens is 518 g/mol. The Morgan fingerprint density at radius 3 is 2.59 bits per heavy atom. The molecule has 3 atom stereocenters. The van der Waals surface area contributed by atoms with Crippen molar-refractivity contribution in [3.63, 3.8) is 0 Å². The molecule has 5 heterocycles. The minimum Gasteiger partial charge on any atom is -0.377 e. The fourth-order valence-electron chi connectivity index (χ4n) is 6.40. The lowest BCUT2D eigenvalue weighted by atomic mass is 9.98. The lowest BCUT2D eigenvalue weighted by Gasteiger charge is -2.37. The number of rotatable bonds is 7. The predicted octanol–water partition coefficient (Wildman–Crippen LogP) is 4.21. The first-order valence-corrected chi connectivity index (χ1v) is 14.4. The van der Waals surface area contributed by atoms with Crippen molar-refractivity contribution in [2.75, 3.05) is 49.0 Å². The number of ether oxygens (including phenoxy) is 1. The van der Waals surface area contributed by atoms with Crippen molar-refractivity contribution in [2.45, 2.75) is 56.8 Å². The van der Waals surface area contributed by atoms with Crippen LogP contribution in [0.15, 0.2) is 42.6 Å². The molecule has 0 spiro atoms. The van der Waals surface area contributed by atoms with Crippen molar-refractivity contribution in [3.05, 3.63) is 48.2 Å². The first kappa shape index (κ1) is 27.2. The monoisotopic (exact) mass is 557 g/mol. The number of H-pyrrole nitrogens is 1. The van der Waals surface area contributed by atoms with Crippen molar-refractivity contribution < 1.29 is 9.53 Å². The van der Waals surface area contributed by atoms with Crippen LogP contribution >= 0.6 is 0 Å². The molecule has 3 fully saturated rings. The normalized spacial score (nSPS) is 23.7. The van der Waals surface area contributed by atoms with E-state index in [2.05, 4.69) is 32.7 Å². The fraction of sp³-hybridized carbons (Fsp3) is 0.467. The van der Waals surface area contributed by atoms with Crippen LogP contribution in [-0.4, -0.2) is 90.3 Å². The number of aromatic amines is 1. The Bertz CT molecular complexity index is 1370. The molecule has 3 saturated heterocycles. The number of nitrogens with zero attached hydrogens (tertiary/aromatic N) is 5. The smallest absolute Gasteiger partial charge is 0.324 e. The van der Waals surface area contributed by atoms with Gasteiger partial charge in [-0.05, 0) is 61.9 Å². The van der Waals surface area contributed by atoms with Crippen LogP contribution in [0.1, 0.15) is 38.2 Å². The van der Waals surface area contributed by atoms with E-state index in [1.807, 2.05) is 55.4 Å². The maximum atomic E-state index is 13.4. The van der Waals surface area contributed by atoms with Crippen molar-refractivity contribution >= 4 is 35.4 Å². The van der Waals surface area contributed by atoms with E-state index in [4.69, 9.17) is 15.1 Å². The van der Waals surface area contributed by atoms with Crippen LogP contribution in [0, 0.1) is 5.41 Å². The predicted molar refractivity (Wildman–Crippen MR) is 162 cm³/mol. The van der Waals surface area contributed by atoms with Crippen LogP contribution in [0.2, 0.25) is 0 Å². The number of morpholine rings is 1. The second-order valence-electron chi connectivity index (χ2n) is 11.4. The zero-order valence-corrected chi connectivity index (χ0v) is 23.9. The molecule has 11 heteroatoms. The van der Waals surface area contributed by atoms with Gasteiger partial charge in [-0.25, -0.2) is 9.78 Å². The molecule has 11 nitrogen and oxygen atoms in total. The summed E-state index contributed by atoms with van der Waals surface area (Å²) >= 11 is 0. The van der Waals surface area contributed by atoms with Crippen LogP contribution in [-0.2, 0) is 4.74 Å². The first-order valence-electron chi connectivity index (χ1n) is 14.4. The molecule has 2 aromatic heterocycles. The Morgan fingerprint density at radius 2 is 1.93 bits per heavy atom. The number of anilines is 4. The number of urea groups is 1. The number of hydrogen-bond donors (Lipinski definition) is 4. The molecule has 1 aromatic carbocycles. The second kappa shape index (κ2) is 11.5. The van der Waals surface area contributed by atoms with Gasteiger partial charge < -0.3 is 30.6 Å². The third-order valence-corrected chi connectivity index (χ3v) is 8.76. The molecule has 2 bridgehead atoms. The summed E-state index contributed by atoms with van der Waals surface area (Å²) in [4.78, 5) is 24.2. The van der Waals surface area contributed by atoms with Crippen LogP contribution in [0.4, 0.5) is 27.9 Å². The number of aromatic nitrogens is 3. The summed E-state index contributed by atoms with van der Waals surface area (Å²) in [6.07, 6.45) is 7.44. The van der Waals surface area contributed by atoms with Crippen LogP contribution in [0.5, 0.6) is 0 Å². The van der Waals surface area contributed by atoms with Crippen molar-refractivity contribution in [1.82, 2.24) is 25.4 Å². The molecule has 2 amide bonds. The van der Waals surface area contributed by atoms with Gasteiger partial charge in [0.1, 0.15) is 17.5 Å². The van der Waals surface area contributed by atoms with E-state index in [-0.39, 0.29) is 18.1 Å². The Balaban J connectivity index is 1.28. The molecule has 4 N–H and O–H groups in total. The van der Waals surface area contributed by atoms with E-state index in [0.29, 0.717) is 42.5 Å². The van der Waals surface area contributed by atoms with Gasteiger partial charge in [0.15, 0.2) is 0 Å². The minimum absolute atomic E-state index is 0.00257. The summed E-state index contributed by atoms with van der Waals surface area (Å²) in [6, 6.07) is 13.3. The zero-order valence-electron chi connectivity index (χ0n) is 23.9. The van der Waals surface area contributed by atoms with Gasteiger partial charge in [-0.2, -0.15) is 5.10 Å². The van der Waals surface area contributed by atoms with Crippen molar-refractivity contribution in [2.24, 2.45) is 0 Å². The second-order valence-corrected chi connectivity index (χ2v) is 11.4. The SMILES string of the molecule is C[C@@H]1COCCN1c1cc(-c2ccc(N(C)C(=O)N(C)C3CC4CCC(C3)N4)cc2)c(C=N)c(Nc2ccn[nH]2)n1. The van der Waals surface area contributed by atoms with Gasteiger partial charge in [-0.3, -0.25) is 10.00 Å². The Labute approximate surface area is 240 Å². The molecule has 3 aliphatic heterocycles. The van der Waals surface area contributed by atoms with E-state index in [1.54, 1.807) is 11.1 Å². The maximum Gasteiger partial charge on any atom is 0.324 e. The van der Waals surface area contributed by atoms with Crippen LogP contribution < -0.4 is 20.4 Å². The number of carbonyl (C=O) groups is 1. The highest BCUT2D eigenvalue weighted by Crippen LogP contribution is 2.35. The summed E-state index contributed by atoms with van der Waals surface area (Å²) in [6.45, 7) is 4.13. The molecule has 0 aliphatic carbocycles. The van der Waals surface area contributed by atoms with Crippen LogP contribution in [0.25, 0.3) is 11.1 Å². The summed E-state index contributed by atoms with van der Waals surface area (Å²) in [7, 11) is 3.77. The van der Waals surface area contributed by atoms with Gasteiger partial charge in [0, 0.05) is 62.3 Å². The van der Waals surface area contributed by atoms with Crippen molar-refractivity contribution in [1.29, 1.82) is 5.41 Å². The van der Waals surface area contributed by atoms with Crippen molar-refractivity contribution in [3.8, 4) is 11.1 Å². The highest BCUT2D eigenvalue weighted by atomic mass is 16.5. The number of pyridine rings is 1. The quantitative estimate of drug-likeness (QED) is 0.321. The number of carbonyl (C=O) groups excluding carboxylic acids is 1. The Morgan fingerprint density at radius 1 is 1.17 bits per heavy atom. The Kier molecular flexibility index (Phi) is 7.63. The summed E-state index contributed by atoms with van der Waals surface area (Å²) in [5.74, 6) is 2.09. The number of amides is 2.